The van der Waals surface area contributed by atoms with E-state index in [1.165, 1.54) is 72.0 Å². The second-order valence-electron chi connectivity index (χ2n) is 14.1. The van der Waals surface area contributed by atoms with Crippen LogP contribution in [0.4, 0.5) is 17.1 Å². The van der Waals surface area contributed by atoms with E-state index in [1.807, 2.05) is 0 Å². The molecular formula is C52H38N2. The van der Waals surface area contributed by atoms with Crippen molar-refractivity contribution in [1.29, 1.82) is 0 Å². The fourth-order valence-electron chi connectivity index (χ4n) is 8.18. The molecule has 0 spiro atoms. The molecule has 1 aliphatic carbocycles. The number of anilines is 3. The van der Waals surface area contributed by atoms with Crippen molar-refractivity contribution in [3.8, 4) is 39.1 Å². The van der Waals surface area contributed by atoms with Gasteiger partial charge in [0.25, 0.3) is 0 Å². The Morgan fingerprint density at radius 1 is 0.389 bits per heavy atom. The second-order valence-corrected chi connectivity index (χ2v) is 14.1. The summed E-state index contributed by atoms with van der Waals surface area (Å²) in [5.74, 6) is 0. The molecule has 9 aromatic rings. The lowest BCUT2D eigenvalue weighted by Gasteiger charge is -2.26. The highest BCUT2D eigenvalue weighted by Gasteiger charge is 2.18. The van der Waals surface area contributed by atoms with Crippen LogP contribution in [0.25, 0.3) is 66.9 Å². The van der Waals surface area contributed by atoms with Gasteiger partial charge in [0.05, 0.1) is 11.0 Å². The van der Waals surface area contributed by atoms with Crippen molar-refractivity contribution in [2.75, 3.05) is 4.90 Å². The third-order valence-electron chi connectivity index (χ3n) is 10.9. The number of fused-ring (bicyclic) bond motifs is 5. The zero-order chi connectivity index (χ0) is 35.8. The van der Waals surface area contributed by atoms with E-state index in [0.717, 1.165) is 29.9 Å². The van der Waals surface area contributed by atoms with Crippen LogP contribution in [0.1, 0.15) is 17.5 Å². The topological polar surface area (TPSA) is 8.17 Å². The van der Waals surface area contributed by atoms with Gasteiger partial charge in [-0.05, 0) is 118 Å². The molecule has 0 bridgehead atoms. The fourth-order valence-corrected chi connectivity index (χ4v) is 8.18. The minimum absolute atomic E-state index is 1.10. The average molecular weight is 691 g/mol. The molecule has 0 N–H and O–H groups in total. The predicted octanol–water partition coefficient (Wildman–Crippen LogP) is 14.2. The van der Waals surface area contributed by atoms with Crippen molar-refractivity contribution in [3.63, 3.8) is 0 Å². The van der Waals surface area contributed by atoms with Crippen molar-refractivity contribution in [1.82, 2.24) is 4.57 Å². The van der Waals surface area contributed by atoms with Crippen molar-refractivity contribution >= 4 is 44.9 Å². The molecule has 10 rings (SSSR count). The van der Waals surface area contributed by atoms with Crippen LogP contribution in [0.15, 0.2) is 200 Å². The lowest BCUT2D eigenvalue weighted by Crippen LogP contribution is -2.09. The Labute approximate surface area is 316 Å². The quantitative estimate of drug-likeness (QED) is 0.162. The van der Waals surface area contributed by atoms with Gasteiger partial charge in [0.1, 0.15) is 0 Å². The van der Waals surface area contributed by atoms with Crippen molar-refractivity contribution in [2.24, 2.45) is 0 Å². The van der Waals surface area contributed by atoms with Gasteiger partial charge in [0.15, 0.2) is 0 Å². The summed E-state index contributed by atoms with van der Waals surface area (Å²) < 4.78 is 2.42. The molecule has 1 aliphatic rings. The molecule has 0 aliphatic heterocycles. The summed E-state index contributed by atoms with van der Waals surface area (Å²) in [7, 11) is 0. The van der Waals surface area contributed by atoms with E-state index < -0.39 is 0 Å². The molecule has 0 unspecified atom stereocenters. The van der Waals surface area contributed by atoms with E-state index >= 15 is 0 Å². The number of para-hydroxylation sites is 1. The first-order valence-electron chi connectivity index (χ1n) is 18.8. The first-order valence-corrected chi connectivity index (χ1v) is 18.8. The molecule has 1 aromatic heterocycles. The van der Waals surface area contributed by atoms with Crippen LogP contribution in [-0.4, -0.2) is 4.57 Å². The van der Waals surface area contributed by atoms with Gasteiger partial charge in [-0.15, -0.1) is 0 Å². The highest BCUT2D eigenvalue weighted by Crippen LogP contribution is 2.40. The number of benzene rings is 8. The number of allylic oxidation sites excluding steroid dienone is 1. The van der Waals surface area contributed by atoms with Crippen LogP contribution in [0, 0.1) is 0 Å². The molecule has 2 heteroatoms. The van der Waals surface area contributed by atoms with Crippen LogP contribution in [0.5, 0.6) is 0 Å². The molecule has 0 amide bonds. The zero-order valence-corrected chi connectivity index (χ0v) is 29.9. The van der Waals surface area contributed by atoms with E-state index in [9.17, 15) is 0 Å². The Morgan fingerprint density at radius 2 is 0.852 bits per heavy atom. The molecule has 8 aromatic carbocycles. The number of rotatable bonds is 7. The van der Waals surface area contributed by atoms with Gasteiger partial charge < -0.3 is 9.47 Å². The maximum atomic E-state index is 2.42. The molecule has 2 nitrogen and oxygen atoms in total. The Morgan fingerprint density at radius 3 is 1.39 bits per heavy atom. The van der Waals surface area contributed by atoms with Crippen molar-refractivity contribution in [3.05, 3.63) is 211 Å². The highest BCUT2D eigenvalue weighted by molar-refractivity contribution is 6.13. The lowest BCUT2D eigenvalue weighted by atomic mass is 9.93. The van der Waals surface area contributed by atoms with E-state index in [4.69, 9.17) is 0 Å². The molecule has 0 saturated heterocycles. The molecule has 1 heterocycles. The molecule has 0 saturated carbocycles. The lowest BCUT2D eigenvalue weighted by molar-refractivity contribution is 0.989. The summed E-state index contributed by atoms with van der Waals surface area (Å²) in [5.41, 5.74) is 17.0. The van der Waals surface area contributed by atoms with E-state index in [-0.39, 0.29) is 0 Å². The summed E-state index contributed by atoms with van der Waals surface area (Å²) in [5, 5.41) is 2.66. The van der Waals surface area contributed by atoms with E-state index in [2.05, 4.69) is 216 Å². The van der Waals surface area contributed by atoms with Crippen molar-refractivity contribution < 1.29 is 0 Å². The smallest absolute Gasteiger partial charge is 0.0547 e. The van der Waals surface area contributed by atoms with Gasteiger partial charge in [-0.2, -0.15) is 0 Å². The number of nitrogens with zero attached hydrogens (tertiary/aromatic N) is 2. The molecular weight excluding hydrogens is 653 g/mol. The van der Waals surface area contributed by atoms with Crippen LogP contribution < -0.4 is 4.90 Å². The van der Waals surface area contributed by atoms with Gasteiger partial charge in [-0.1, -0.05) is 146 Å². The van der Waals surface area contributed by atoms with Gasteiger partial charge >= 0.3 is 0 Å². The Kier molecular flexibility index (Phi) is 8.00. The maximum absolute atomic E-state index is 2.42. The Balaban J connectivity index is 0.992. The normalized spacial score (nSPS) is 12.2. The minimum atomic E-state index is 1.10. The van der Waals surface area contributed by atoms with Gasteiger partial charge in [0.2, 0.25) is 0 Å². The van der Waals surface area contributed by atoms with Crippen LogP contribution in [-0.2, 0) is 6.42 Å². The molecule has 0 atom stereocenters. The van der Waals surface area contributed by atoms with Crippen LogP contribution in [0.2, 0.25) is 0 Å². The van der Waals surface area contributed by atoms with Crippen molar-refractivity contribution in [2.45, 2.75) is 12.8 Å². The van der Waals surface area contributed by atoms with E-state index in [0.29, 0.717) is 0 Å². The number of hydrogen-bond acceptors (Lipinski definition) is 1. The Bertz CT molecular complexity index is 2670. The zero-order valence-electron chi connectivity index (χ0n) is 29.9. The first-order chi connectivity index (χ1) is 26.8. The molecule has 54 heavy (non-hydrogen) atoms. The van der Waals surface area contributed by atoms with Gasteiger partial charge in [-0.3, -0.25) is 0 Å². The Hall–Kier alpha value is -6.90. The summed E-state index contributed by atoms with van der Waals surface area (Å²) in [6, 6.07) is 70.3. The van der Waals surface area contributed by atoms with Gasteiger partial charge in [0, 0.05) is 33.5 Å². The minimum Gasteiger partial charge on any atom is -0.311 e. The average Bonchev–Trinajstić information content (AvgIpc) is 3.60. The second kappa shape index (κ2) is 13.6. The number of aromatic nitrogens is 1. The number of hydrogen-bond donors (Lipinski definition) is 0. The largest absolute Gasteiger partial charge is 0.311 e. The summed E-state index contributed by atoms with van der Waals surface area (Å²) in [6.07, 6.45) is 6.86. The van der Waals surface area contributed by atoms with E-state index in [1.54, 1.807) is 0 Å². The molecule has 256 valence electrons. The van der Waals surface area contributed by atoms with Crippen LogP contribution >= 0.6 is 0 Å². The third-order valence-corrected chi connectivity index (χ3v) is 10.9. The summed E-state index contributed by atoms with van der Waals surface area (Å²) in [4.78, 5) is 2.34. The molecule has 0 fully saturated rings. The first kappa shape index (κ1) is 31.8. The SMILES string of the molecule is C1=Cc2c(ccc3c2c2ccccc2n3-c2ccc(-c3ccc(N(c4ccc(-c5ccccc5)cc4)c4ccc(-c5ccccc5)cc4)cc3)cc2)CC1. The van der Waals surface area contributed by atoms with Crippen LogP contribution in [0.3, 0.4) is 0 Å². The molecule has 0 radical (unpaired) electrons. The summed E-state index contributed by atoms with van der Waals surface area (Å²) in [6.45, 7) is 0. The third kappa shape index (κ3) is 5.70. The number of aryl methyl sites for hydroxylation is 1. The highest BCUT2D eigenvalue weighted by atomic mass is 15.1. The predicted molar refractivity (Wildman–Crippen MR) is 229 cm³/mol. The fraction of sp³-hybridized carbons (Fsp3) is 0.0385. The monoisotopic (exact) mass is 690 g/mol. The summed E-state index contributed by atoms with van der Waals surface area (Å²) >= 11 is 0. The van der Waals surface area contributed by atoms with Gasteiger partial charge in [-0.25, -0.2) is 0 Å². The standard InChI is InChI=1S/C52H38N2/c1-3-11-37(12-4-1)39-19-28-44(29-20-39)53(45-30-21-40(22-31-45)38-13-5-2-6-14-38)46-32-23-41(24-33-46)42-25-34-47(35-26-42)54-50-18-10-9-17-49(50)52-48-16-8-7-15-43(48)27-36-51(52)54/h1-6,8-14,16-36H,7,15H2. The maximum Gasteiger partial charge on any atom is 0.0547 e.